The van der Waals surface area contributed by atoms with Gasteiger partial charge in [0.05, 0.1) is 18.5 Å². The fourth-order valence-electron chi connectivity index (χ4n) is 2.16. The molecule has 0 amide bonds. The molecule has 27 heavy (non-hydrogen) atoms. The van der Waals surface area contributed by atoms with Crippen molar-refractivity contribution in [1.29, 1.82) is 0 Å². The molecular formula is C16H18F3N3O5. The highest BCUT2D eigenvalue weighted by Gasteiger charge is 2.32. The van der Waals surface area contributed by atoms with E-state index in [1.165, 1.54) is 12.4 Å². The van der Waals surface area contributed by atoms with Gasteiger partial charge in [0.25, 0.3) is 0 Å². The van der Waals surface area contributed by atoms with Gasteiger partial charge in [-0.15, -0.1) is 0 Å². The first kappa shape index (κ1) is 20.8. The third-order valence-corrected chi connectivity index (χ3v) is 3.57. The molecule has 0 radical (unpaired) electrons. The zero-order valence-corrected chi connectivity index (χ0v) is 14.0. The average molecular weight is 389 g/mol. The number of nitrogens with one attached hydrogen (secondary N) is 1. The summed E-state index contributed by atoms with van der Waals surface area (Å²) in [6.07, 6.45) is -3.17. The molecule has 0 saturated carbocycles. The molecule has 1 aliphatic heterocycles. The normalized spacial score (nSPS) is 22.5. The summed E-state index contributed by atoms with van der Waals surface area (Å²) in [5.41, 5.74) is -1.77. The van der Waals surface area contributed by atoms with Crippen molar-refractivity contribution in [3.8, 4) is 5.75 Å². The molecule has 3 N–H and O–H groups in total. The van der Waals surface area contributed by atoms with Gasteiger partial charge in [-0.05, 0) is 12.5 Å². The molecule has 2 aromatic rings. The zero-order chi connectivity index (χ0) is 19.9. The Morgan fingerprint density at radius 1 is 1.26 bits per heavy atom. The maximum absolute atomic E-state index is 11.8. The van der Waals surface area contributed by atoms with Crippen molar-refractivity contribution in [2.75, 3.05) is 13.2 Å². The van der Waals surface area contributed by atoms with E-state index >= 15 is 0 Å². The number of aliphatic hydroxyl groups is 2. The van der Waals surface area contributed by atoms with E-state index in [1.807, 2.05) is 0 Å². The van der Waals surface area contributed by atoms with Crippen LogP contribution in [0.1, 0.15) is 12.1 Å². The van der Waals surface area contributed by atoms with Gasteiger partial charge in [-0.3, -0.25) is 4.79 Å². The molecule has 0 aliphatic carbocycles. The SMILES string of the molecule is O=c1cccc(C(F)(F)F)[nH]1.OC1CCOC(COc2ccnnc2)C1O. The summed E-state index contributed by atoms with van der Waals surface area (Å²) in [5.74, 6) is 0.561. The lowest BCUT2D eigenvalue weighted by Crippen LogP contribution is -2.47. The fraction of sp³-hybridized carbons (Fsp3) is 0.438. The lowest BCUT2D eigenvalue weighted by Gasteiger charge is -2.31. The number of hydrogen-bond acceptors (Lipinski definition) is 7. The lowest BCUT2D eigenvalue weighted by atomic mass is 10.0. The Bertz CT molecular complexity index is 757. The molecule has 3 rings (SSSR count). The van der Waals surface area contributed by atoms with Gasteiger partial charge < -0.3 is 24.7 Å². The predicted octanol–water partition coefficient (Wildman–Crippen LogP) is 0.760. The standard InChI is InChI=1S/C10H14N2O4.C6H4F3NO/c13-8-2-4-15-9(10(8)14)6-16-7-1-3-11-12-5-7;7-6(8,9)4-2-1-3-5(11)10-4/h1,3,5,8-10,13-14H,2,4,6H2;1-3H,(H,10,11). The summed E-state index contributed by atoms with van der Waals surface area (Å²) in [7, 11) is 0. The van der Waals surface area contributed by atoms with Gasteiger partial charge in [-0.25, -0.2) is 0 Å². The maximum atomic E-state index is 11.8. The van der Waals surface area contributed by atoms with E-state index in [0.717, 1.165) is 18.2 Å². The quantitative estimate of drug-likeness (QED) is 0.709. The van der Waals surface area contributed by atoms with Crippen LogP contribution in [0.15, 0.2) is 41.5 Å². The Morgan fingerprint density at radius 2 is 2.04 bits per heavy atom. The average Bonchev–Trinajstić information content (AvgIpc) is 2.64. The topological polar surface area (TPSA) is 118 Å². The Balaban J connectivity index is 0.000000208. The summed E-state index contributed by atoms with van der Waals surface area (Å²) >= 11 is 0. The summed E-state index contributed by atoms with van der Waals surface area (Å²) < 4.78 is 46.1. The smallest absolute Gasteiger partial charge is 0.431 e. The molecular weight excluding hydrogens is 371 g/mol. The number of nitrogens with zero attached hydrogens (tertiary/aromatic N) is 2. The van der Waals surface area contributed by atoms with Gasteiger partial charge in [0.15, 0.2) is 0 Å². The van der Waals surface area contributed by atoms with E-state index in [-0.39, 0.29) is 6.61 Å². The van der Waals surface area contributed by atoms with Crippen molar-refractivity contribution in [3.63, 3.8) is 0 Å². The molecule has 2 aromatic heterocycles. The van der Waals surface area contributed by atoms with Gasteiger partial charge in [-0.1, -0.05) is 6.07 Å². The van der Waals surface area contributed by atoms with Crippen molar-refractivity contribution in [1.82, 2.24) is 15.2 Å². The molecule has 3 unspecified atom stereocenters. The predicted molar refractivity (Wildman–Crippen MR) is 86.0 cm³/mol. The second-order valence-electron chi connectivity index (χ2n) is 5.57. The second kappa shape index (κ2) is 9.44. The number of ether oxygens (including phenoxy) is 2. The van der Waals surface area contributed by atoms with Crippen LogP contribution in [-0.4, -0.2) is 56.9 Å². The molecule has 1 saturated heterocycles. The number of aromatic nitrogens is 3. The van der Waals surface area contributed by atoms with Crippen LogP contribution < -0.4 is 10.3 Å². The first-order valence-electron chi connectivity index (χ1n) is 7.91. The molecule has 3 atom stereocenters. The van der Waals surface area contributed by atoms with Crippen LogP contribution in [0.2, 0.25) is 0 Å². The summed E-state index contributed by atoms with van der Waals surface area (Å²) in [5, 5.41) is 26.3. The Labute approximate surface area is 151 Å². The number of aliphatic hydroxyl groups excluding tert-OH is 2. The molecule has 0 bridgehead atoms. The Hall–Kier alpha value is -2.50. The van der Waals surface area contributed by atoms with Crippen LogP contribution in [0.25, 0.3) is 0 Å². The zero-order valence-electron chi connectivity index (χ0n) is 14.0. The molecule has 0 aromatic carbocycles. The van der Waals surface area contributed by atoms with E-state index in [2.05, 4.69) is 10.2 Å². The summed E-state index contributed by atoms with van der Waals surface area (Å²) in [6, 6.07) is 4.55. The van der Waals surface area contributed by atoms with Crippen LogP contribution in [0, 0.1) is 0 Å². The van der Waals surface area contributed by atoms with Crippen molar-refractivity contribution in [2.24, 2.45) is 0 Å². The van der Waals surface area contributed by atoms with Gasteiger partial charge >= 0.3 is 6.18 Å². The van der Waals surface area contributed by atoms with E-state index in [9.17, 15) is 28.2 Å². The van der Waals surface area contributed by atoms with E-state index in [1.54, 1.807) is 11.1 Å². The van der Waals surface area contributed by atoms with Crippen LogP contribution in [0.4, 0.5) is 13.2 Å². The number of alkyl halides is 3. The first-order valence-corrected chi connectivity index (χ1v) is 7.91. The van der Waals surface area contributed by atoms with Crippen molar-refractivity contribution >= 4 is 0 Å². The largest absolute Gasteiger partial charge is 0.489 e. The number of pyridine rings is 1. The molecule has 0 spiro atoms. The minimum absolute atomic E-state index is 0.184. The van der Waals surface area contributed by atoms with Crippen molar-refractivity contribution in [2.45, 2.75) is 30.9 Å². The fourth-order valence-corrected chi connectivity index (χ4v) is 2.16. The molecule has 148 valence electrons. The lowest BCUT2D eigenvalue weighted by molar-refractivity contribution is -0.144. The molecule has 3 heterocycles. The molecule has 8 nitrogen and oxygen atoms in total. The van der Waals surface area contributed by atoms with Gasteiger partial charge in [0.2, 0.25) is 5.56 Å². The Morgan fingerprint density at radius 3 is 2.63 bits per heavy atom. The van der Waals surface area contributed by atoms with Crippen LogP contribution in [0.3, 0.4) is 0 Å². The molecule has 1 aliphatic rings. The number of rotatable bonds is 3. The minimum atomic E-state index is -4.47. The van der Waals surface area contributed by atoms with E-state index in [0.29, 0.717) is 18.8 Å². The summed E-state index contributed by atoms with van der Waals surface area (Å²) in [4.78, 5) is 12.0. The van der Waals surface area contributed by atoms with Gasteiger partial charge in [-0.2, -0.15) is 23.4 Å². The number of H-pyrrole nitrogens is 1. The third kappa shape index (κ3) is 6.62. The minimum Gasteiger partial charge on any atom is -0.489 e. The van der Waals surface area contributed by atoms with Crippen LogP contribution in [0.5, 0.6) is 5.75 Å². The molecule has 1 fully saturated rings. The third-order valence-electron chi connectivity index (χ3n) is 3.57. The van der Waals surface area contributed by atoms with Crippen LogP contribution in [-0.2, 0) is 10.9 Å². The number of halogens is 3. The number of aromatic amines is 1. The van der Waals surface area contributed by atoms with Crippen molar-refractivity contribution in [3.05, 3.63) is 52.7 Å². The molecule has 11 heteroatoms. The monoisotopic (exact) mass is 389 g/mol. The first-order chi connectivity index (χ1) is 12.8. The van der Waals surface area contributed by atoms with Crippen molar-refractivity contribution < 1.29 is 32.9 Å². The van der Waals surface area contributed by atoms with E-state index in [4.69, 9.17) is 9.47 Å². The highest BCUT2D eigenvalue weighted by atomic mass is 19.4. The van der Waals surface area contributed by atoms with Gasteiger partial charge in [0, 0.05) is 18.7 Å². The maximum Gasteiger partial charge on any atom is 0.431 e. The summed E-state index contributed by atoms with van der Waals surface area (Å²) in [6.45, 7) is 0.616. The second-order valence-corrected chi connectivity index (χ2v) is 5.57. The highest BCUT2D eigenvalue weighted by Crippen LogP contribution is 2.25. The van der Waals surface area contributed by atoms with Crippen LogP contribution >= 0.6 is 0 Å². The Kier molecular flexibility index (Phi) is 7.28. The van der Waals surface area contributed by atoms with Gasteiger partial charge in [0.1, 0.15) is 30.3 Å². The van der Waals surface area contributed by atoms with E-state index < -0.39 is 35.7 Å². The highest BCUT2D eigenvalue weighted by molar-refractivity contribution is 5.12. The number of hydrogen-bond donors (Lipinski definition) is 3.